The van der Waals surface area contributed by atoms with E-state index in [1.165, 1.54) is 83.5 Å². The van der Waals surface area contributed by atoms with Gasteiger partial charge in [-0.05, 0) is 13.3 Å². The Kier molecular flexibility index (Phi) is 16.0. The standard InChI is InChI=1S/C20H38O2/c1-4-5-6-7-8-9-10-11-12-13-14-15-16-17-18-22-20(21)19(2)3/h2,4-18H2,1,3H3. The molecule has 0 atom stereocenters. The van der Waals surface area contributed by atoms with E-state index < -0.39 is 0 Å². The van der Waals surface area contributed by atoms with Gasteiger partial charge in [-0.25, -0.2) is 4.79 Å². The predicted octanol–water partition coefficient (Wildman–Crippen LogP) is 6.59. The summed E-state index contributed by atoms with van der Waals surface area (Å²) in [6.45, 7) is 8.07. The van der Waals surface area contributed by atoms with Gasteiger partial charge in [0.05, 0.1) is 6.61 Å². The molecule has 0 aliphatic rings. The summed E-state index contributed by atoms with van der Waals surface area (Å²) in [4.78, 5) is 11.2. The minimum Gasteiger partial charge on any atom is -0.462 e. The number of hydrogen-bond donors (Lipinski definition) is 0. The molecule has 2 nitrogen and oxygen atoms in total. The first kappa shape index (κ1) is 21.2. The van der Waals surface area contributed by atoms with Crippen molar-refractivity contribution in [3.8, 4) is 0 Å². The van der Waals surface area contributed by atoms with E-state index in [9.17, 15) is 4.79 Å². The van der Waals surface area contributed by atoms with Gasteiger partial charge in [0, 0.05) is 5.57 Å². The van der Waals surface area contributed by atoms with Crippen molar-refractivity contribution in [2.45, 2.75) is 104 Å². The topological polar surface area (TPSA) is 26.3 Å². The average Bonchev–Trinajstić information content (AvgIpc) is 2.50. The van der Waals surface area contributed by atoms with Crippen molar-refractivity contribution in [1.29, 1.82) is 0 Å². The van der Waals surface area contributed by atoms with Crippen LogP contribution in [0, 0.1) is 0 Å². The zero-order chi connectivity index (χ0) is 16.5. The number of hydrogen-bond acceptors (Lipinski definition) is 2. The molecule has 0 unspecified atom stereocenters. The summed E-state index contributed by atoms with van der Waals surface area (Å²) in [5, 5.41) is 0. The zero-order valence-corrected chi connectivity index (χ0v) is 15.1. The largest absolute Gasteiger partial charge is 0.462 e. The third-order valence-corrected chi connectivity index (χ3v) is 4.08. The lowest BCUT2D eigenvalue weighted by molar-refractivity contribution is -0.139. The first-order valence-electron chi connectivity index (χ1n) is 9.51. The first-order valence-corrected chi connectivity index (χ1v) is 9.51. The van der Waals surface area contributed by atoms with Crippen LogP contribution in [0.3, 0.4) is 0 Å². The van der Waals surface area contributed by atoms with Gasteiger partial charge in [0.2, 0.25) is 0 Å². The lowest BCUT2D eigenvalue weighted by Gasteiger charge is -2.04. The summed E-state index contributed by atoms with van der Waals surface area (Å²) in [5.74, 6) is -0.255. The number of esters is 1. The van der Waals surface area contributed by atoms with Gasteiger partial charge in [-0.15, -0.1) is 0 Å². The molecular weight excluding hydrogens is 272 g/mol. The zero-order valence-electron chi connectivity index (χ0n) is 15.1. The summed E-state index contributed by atoms with van der Waals surface area (Å²) in [6.07, 6.45) is 18.8. The van der Waals surface area contributed by atoms with Crippen LogP contribution in [0.15, 0.2) is 12.2 Å². The third kappa shape index (κ3) is 15.6. The smallest absolute Gasteiger partial charge is 0.333 e. The summed E-state index contributed by atoms with van der Waals surface area (Å²) in [7, 11) is 0. The lowest BCUT2D eigenvalue weighted by Crippen LogP contribution is -2.05. The molecule has 2 heteroatoms. The number of unbranched alkanes of at least 4 members (excludes halogenated alkanes) is 13. The van der Waals surface area contributed by atoms with Gasteiger partial charge < -0.3 is 4.74 Å². The van der Waals surface area contributed by atoms with E-state index in [2.05, 4.69) is 13.5 Å². The monoisotopic (exact) mass is 310 g/mol. The van der Waals surface area contributed by atoms with Crippen LogP contribution < -0.4 is 0 Å². The molecule has 0 spiro atoms. The first-order chi connectivity index (χ1) is 10.7. The van der Waals surface area contributed by atoms with Crippen molar-refractivity contribution < 1.29 is 9.53 Å². The highest BCUT2D eigenvalue weighted by molar-refractivity contribution is 5.86. The van der Waals surface area contributed by atoms with Crippen molar-refractivity contribution in [2.75, 3.05) is 6.61 Å². The quantitative estimate of drug-likeness (QED) is 0.183. The Morgan fingerprint density at radius 2 is 1.09 bits per heavy atom. The molecule has 0 saturated carbocycles. The Morgan fingerprint density at radius 3 is 1.45 bits per heavy atom. The molecule has 0 aromatic carbocycles. The maximum Gasteiger partial charge on any atom is 0.333 e. The molecule has 0 amide bonds. The SMILES string of the molecule is C=C(C)C(=O)OCCCCCCCCCCCCCCCC. The molecule has 130 valence electrons. The van der Waals surface area contributed by atoms with Crippen LogP contribution in [0.25, 0.3) is 0 Å². The number of rotatable bonds is 16. The summed E-state index contributed by atoms with van der Waals surface area (Å²) in [6, 6.07) is 0. The highest BCUT2D eigenvalue weighted by atomic mass is 16.5. The second kappa shape index (κ2) is 16.6. The van der Waals surface area contributed by atoms with E-state index in [0.29, 0.717) is 12.2 Å². The summed E-state index contributed by atoms with van der Waals surface area (Å²) >= 11 is 0. The van der Waals surface area contributed by atoms with E-state index >= 15 is 0 Å². The molecular formula is C20H38O2. The molecule has 0 aromatic rings. The van der Waals surface area contributed by atoms with Crippen LogP contribution in [0.2, 0.25) is 0 Å². The summed E-state index contributed by atoms with van der Waals surface area (Å²) in [5.41, 5.74) is 0.491. The predicted molar refractivity (Wildman–Crippen MR) is 96.1 cm³/mol. The molecule has 0 heterocycles. The van der Waals surface area contributed by atoms with Crippen molar-refractivity contribution >= 4 is 5.97 Å². The molecule has 0 fully saturated rings. The Morgan fingerprint density at radius 1 is 0.727 bits per heavy atom. The van der Waals surface area contributed by atoms with Crippen LogP contribution in [0.4, 0.5) is 0 Å². The summed E-state index contributed by atoms with van der Waals surface area (Å²) < 4.78 is 5.07. The molecule has 0 aliphatic carbocycles. The number of carbonyl (C=O) groups excluding carboxylic acids is 1. The Bertz CT molecular complexity index is 271. The molecule has 22 heavy (non-hydrogen) atoms. The Hall–Kier alpha value is -0.790. The fraction of sp³-hybridized carbons (Fsp3) is 0.850. The molecule has 0 rings (SSSR count). The number of carbonyl (C=O) groups is 1. The van der Waals surface area contributed by atoms with Crippen molar-refractivity contribution in [3.05, 3.63) is 12.2 Å². The minimum atomic E-state index is -0.255. The van der Waals surface area contributed by atoms with Crippen molar-refractivity contribution in [2.24, 2.45) is 0 Å². The lowest BCUT2D eigenvalue weighted by atomic mass is 10.0. The fourth-order valence-electron chi connectivity index (χ4n) is 2.58. The number of ether oxygens (including phenoxy) is 1. The maximum atomic E-state index is 11.2. The van der Waals surface area contributed by atoms with E-state index in [1.54, 1.807) is 6.92 Å². The van der Waals surface area contributed by atoms with E-state index in [4.69, 9.17) is 4.74 Å². The van der Waals surface area contributed by atoms with Gasteiger partial charge in [-0.3, -0.25) is 0 Å². The van der Waals surface area contributed by atoms with Crippen LogP contribution >= 0.6 is 0 Å². The fourth-order valence-corrected chi connectivity index (χ4v) is 2.58. The Balaban J connectivity index is 3.05. The van der Waals surface area contributed by atoms with E-state index in [-0.39, 0.29) is 5.97 Å². The highest BCUT2D eigenvalue weighted by Gasteiger charge is 2.01. The maximum absolute atomic E-state index is 11.2. The normalized spacial score (nSPS) is 10.6. The van der Waals surface area contributed by atoms with Gasteiger partial charge in [-0.2, -0.15) is 0 Å². The van der Waals surface area contributed by atoms with Gasteiger partial charge in [0.25, 0.3) is 0 Å². The molecule has 0 radical (unpaired) electrons. The molecule has 0 N–H and O–H groups in total. The molecule has 0 aliphatic heterocycles. The van der Waals surface area contributed by atoms with Gasteiger partial charge in [-0.1, -0.05) is 97.0 Å². The van der Waals surface area contributed by atoms with Crippen LogP contribution in [0.5, 0.6) is 0 Å². The van der Waals surface area contributed by atoms with E-state index in [0.717, 1.165) is 6.42 Å². The average molecular weight is 311 g/mol. The van der Waals surface area contributed by atoms with Gasteiger partial charge in [0.15, 0.2) is 0 Å². The van der Waals surface area contributed by atoms with E-state index in [1.807, 2.05) is 0 Å². The van der Waals surface area contributed by atoms with Crippen LogP contribution in [-0.4, -0.2) is 12.6 Å². The molecule has 0 aromatic heterocycles. The molecule has 0 saturated heterocycles. The molecule has 0 bridgehead atoms. The van der Waals surface area contributed by atoms with Crippen molar-refractivity contribution in [3.63, 3.8) is 0 Å². The minimum absolute atomic E-state index is 0.255. The van der Waals surface area contributed by atoms with Crippen LogP contribution in [-0.2, 0) is 9.53 Å². The van der Waals surface area contributed by atoms with Crippen molar-refractivity contribution in [1.82, 2.24) is 0 Å². The van der Waals surface area contributed by atoms with Gasteiger partial charge >= 0.3 is 5.97 Å². The third-order valence-electron chi connectivity index (χ3n) is 4.08. The second-order valence-corrected chi connectivity index (χ2v) is 6.51. The van der Waals surface area contributed by atoms with Crippen LogP contribution in [0.1, 0.15) is 104 Å². The second-order valence-electron chi connectivity index (χ2n) is 6.51. The van der Waals surface area contributed by atoms with Gasteiger partial charge in [0.1, 0.15) is 0 Å². The highest BCUT2D eigenvalue weighted by Crippen LogP contribution is 2.12. The Labute approximate surface area is 138 Å².